The second-order valence-corrected chi connectivity index (χ2v) is 5.67. The van der Waals surface area contributed by atoms with Gasteiger partial charge in [0.1, 0.15) is 10.7 Å². The lowest BCUT2D eigenvalue weighted by molar-refractivity contribution is 0.498. The molecule has 1 aromatic heterocycles. The molecule has 0 aliphatic carbocycles. The van der Waals surface area contributed by atoms with Crippen molar-refractivity contribution in [3.63, 3.8) is 0 Å². The zero-order valence-electron chi connectivity index (χ0n) is 9.26. The van der Waals surface area contributed by atoms with Crippen LogP contribution in [0, 0.1) is 0 Å². The highest BCUT2D eigenvalue weighted by molar-refractivity contribution is 7.89. The van der Waals surface area contributed by atoms with Crippen molar-refractivity contribution in [3.05, 3.63) is 47.4 Å². The summed E-state index contributed by atoms with van der Waals surface area (Å²) < 4.78 is 31.5. The number of anilines is 1. The summed E-state index contributed by atoms with van der Waals surface area (Å²) in [5.41, 5.74) is 5.74. The molecule has 0 saturated heterocycles. The lowest BCUT2D eigenvalue weighted by Crippen LogP contribution is -2.24. The molecular weight excluding hydrogens is 276 g/mol. The Kier molecular flexibility index (Phi) is 3.60. The molecule has 1 heterocycles. The van der Waals surface area contributed by atoms with Crippen LogP contribution in [0.15, 0.2) is 45.9 Å². The fourth-order valence-electron chi connectivity index (χ4n) is 1.46. The fourth-order valence-corrected chi connectivity index (χ4v) is 3.13. The first-order chi connectivity index (χ1) is 8.50. The van der Waals surface area contributed by atoms with E-state index in [1.807, 2.05) is 0 Å². The minimum atomic E-state index is -3.76. The summed E-state index contributed by atoms with van der Waals surface area (Å²) in [6, 6.07) is 7.88. The smallest absolute Gasteiger partial charge is 0.244 e. The Hall–Kier alpha value is -1.50. The van der Waals surface area contributed by atoms with E-state index in [4.69, 9.17) is 21.8 Å². The highest BCUT2D eigenvalue weighted by atomic mass is 35.5. The van der Waals surface area contributed by atoms with Gasteiger partial charge >= 0.3 is 0 Å². The lowest BCUT2D eigenvalue weighted by atomic mass is 10.3. The van der Waals surface area contributed by atoms with E-state index in [1.54, 1.807) is 18.2 Å². The predicted molar refractivity (Wildman–Crippen MR) is 68.6 cm³/mol. The monoisotopic (exact) mass is 286 g/mol. The van der Waals surface area contributed by atoms with Gasteiger partial charge in [-0.15, -0.1) is 0 Å². The molecule has 2 aromatic rings. The summed E-state index contributed by atoms with van der Waals surface area (Å²) in [7, 11) is -3.76. The Morgan fingerprint density at radius 3 is 2.67 bits per heavy atom. The minimum Gasteiger partial charge on any atom is -0.468 e. The number of nitrogen functional groups attached to an aromatic ring is 1. The van der Waals surface area contributed by atoms with E-state index in [2.05, 4.69) is 4.72 Å². The average molecular weight is 287 g/mol. The van der Waals surface area contributed by atoms with Gasteiger partial charge in [-0.3, -0.25) is 0 Å². The van der Waals surface area contributed by atoms with Crippen LogP contribution in [0.5, 0.6) is 0 Å². The molecule has 0 aliphatic heterocycles. The molecule has 5 nitrogen and oxygen atoms in total. The number of hydrogen-bond donors (Lipinski definition) is 2. The van der Waals surface area contributed by atoms with Gasteiger partial charge in [-0.2, -0.15) is 0 Å². The molecule has 0 saturated carbocycles. The van der Waals surface area contributed by atoms with Crippen LogP contribution in [-0.4, -0.2) is 8.42 Å². The molecule has 7 heteroatoms. The van der Waals surface area contributed by atoms with Crippen LogP contribution in [-0.2, 0) is 16.6 Å². The van der Waals surface area contributed by atoms with Crippen LogP contribution in [0.4, 0.5) is 5.69 Å². The Morgan fingerprint density at radius 2 is 2.06 bits per heavy atom. The van der Waals surface area contributed by atoms with Crippen molar-refractivity contribution in [2.45, 2.75) is 11.4 Å². The van der Waals surface area contributed by atoms with Gasteiger partial charge in [-0.05, 0) is 24.3 Å². The first kappa shape index (κ1) is 12.9. The molecule has 0 bridgehead atoms. The zero-order valence-corrected chi connectivity index (χ0v) is 10.8. The van der Waals surface area contributed by atoms with Crippen LogP contribution in [0.1, 0.15) is 5.76 Å². The second-order valence-electron chi connectivity index (χ2n) is 3.56. The normalized spacial score (nSPS) is 11.6. The van der Waals surface area contributed by atoms with E-state index in [0.717, 1.165) is 0 Å². The standard InChI is InChI=1S/C11H11ClN2O3S/c12-9-4-1-5-10(13)11(9)18(15,16)14-7-8-3-2-6-17-8/h1-6,14H,7,13H2. The molecule has 0 fully saturated rings. The lowest BCUT2D eigenvalue weighted by Gasteiger charge is -2.09. The summed E-state index contributed by atoms with van der Waals surface area (Å²) in [5, 5.41) is 0.0851. The van der Waals surface area contributed by atoms with E-state index >= 15 is 0 Å². The van der Waals surface area contributed by atoms with Gasteiger partial charge in [-0.25, -0.2) is 13.1 Å². The van der Waals surface area contributed by atoms with E-state index in [9.17, 15) is 8.42 Å². The number of nitrogens with two attached hydrogens (primary N) is 1. The van der Waals surface area contributed by atoms with Gasteiger partial charge in [0.25, 0.3) is 0 Å². The fraction of sp³-hybridized carbons (Fsp3) is 0.0909. The van der Waals surface area contributed by atoms with E-state index < -0.39 is 10.0 Å². The molecule has 0 unspecified atom stereocenters. The molecule has 96 valence electrons. The first-order valence-electron chi connectivity index (χ1n) is 5.07. The SMILES string of the molecule is Nc1cccc(Cl)c1S(=O)(=O)NCc1ccco1. The third-order valence-electron chi connectivity index (χ3n) is 2.28. The summed E-state index contributed by atoms with van der Waals surface area (Å²) in [6.45, 7) is 0.0417. The van der Waals surface area contributed by atoms with Crippen LogP contribution >= 0.6 is 11.6 Å². The van der Waals surface area contributed by atoms with Crippen molar-refractivity contribution in [1.82, 2.24) is 4.72 Å². The molecule has 0 atom stereocenters. The molecule has 0 aliphatic rings. The maximum Gasteiger partial charge on any atom is 0.244 e. The van der Waals surface area contributed by atoms with E-state index in [-0.39, 0.29) is 22.2 Å². The number of halogens is 1. The van der Waals surface area contributed by atoms with Crippen molar-refractivity contribution in [2.75, 3.05) is 5.73 Å². The van der Waals surface area contributed by atoms with Gasteiger partial charge in [-0.1, -0.05) is 17.7 Å². The maximum absolute atomic E-state index is 12.1. The largest absolute Gasteiger partial charge is 0.468 e. The van der Waals surface area contributed by atoms with Gasteiger partial charge in [0.2, 0.25) is 10.0 Å². The molecule has 0 radical (unpaired) electrons. The Morgan fingerprint density at radius 1 is 1.28 bits per heavy atom. The minimum absolute atomic E-state index is 0.0417. The Labute approximate surface area is 110 Å². The number of hydrogen-bond acceptors (Lipinski definition) is 4. The van der Waals surface area contributed by atoms with Gasteiger partial charge in [0, 0.05) is 0 Å². The number of nitrogens with one attached hydrogen (secondary N) is 1. The Bertz CT molecular complexity index is 618. The average Bonchev–Trinajstić information content (AvgIpc) is 2.78. The second kappa shape index (κ2) is 5.01. The van der Waals surface area contributed by atoms with Crippen LogP contribution in [0.2, 0.25) is 5.02 Å². The van der Waals surface area contributed by atoms with Crippen molar-refractivity contribution in [1.29, 1.82) is 0 Å². The van der Waals surface area contributed by atoms with Crippen LogP contribution in [0.3, 0.4) is 0 Å². The molecular formula is C11H11ClN2O3S. The predicted octanol–water partition coefficient (Wildman–Crippen LogP) is 1.99. The summed E-state index contributed by atoms with van der Waals surface area (Å²) >= 11 is 5.85. The third-order valence-corrected chi connectivity index (χ3v) is 4.23. The van der Waals surface area contributed by atoms with Crippen molar-refractivity contribution >= 4 is 27.3 Å². The van der Waals surface area contributed by atoms with Crippen LogP contribution < -0.4 is 10.5 Å². The first-order valence-corrected chi connectivity index (χ1v) is 6.93. The number of rotatable bonds is 4. The maximum atomic E-state index is 12.1. The zero-order chi connectivity index (χ0) is 13.2. The van der Waals surface area contributed by atoms with E-state index in [0.29, 0.717) is 5.76 Å². The Balaban J connectivity index is 2.26. The van der Waals surface area contributed by atoms with E-state index in [1.165, 1.54) is 18.4 Å². The third kappa shape index (κ3) is 2.66. The quantitative estimate of drug-likeness (QED) is 0.842. The number of furan rings is 1. The molecule has 18 heavy (non-hydrogen) atoms. The molecule has 1 aromatic carbocycles. The molecule has 2 rings (SSSR count). The van der Waals surface area contributed by atoms with Crippen molar-refractivity contribution in [2.24, 2.45) is 0 Å². The topological polar surface area (TPSA) is 85.3 Å². The molecule has 0 spiro atoms. The number of sulfonamides is 1. The summed E-state index contributed by atoms with van der Waals surface area (Å²) in [6.07, 6.45) is 1.47. The van der Waals surface area contributed by atoms with Crippen LogP contribution in [0.25, 0.3) is 0 Å². The molecule has 0 amide bonds. The highest BCUT2D eigenvalue weighted by Gasteiger charge is 2.20. The molecule has 3 N–H and O–H groups in total. The summed E-state index contributed by atoms with van der Waals surface area (Å²) in [5.74, 6) is 0.504. The van der Waals surface area contributed by atoms with Gasteiger partial charge < -0.3 is 10.2 Å². The summed E-state index contributed by atoms with van der Waals surface area (Å²) in [4.78, 5) is -0.113. The van der Waals surface area contributed by atoms with Crippen molar-refractivity contribution < 1.29 is 12.8 Å². The van der Waals surface area contributed by atoms with Crippen molar-refractivity contribution in [3.8, 4) is 0 Å². The van der Waals surface area contributed by atoms with Gasteiger partial charge in [0.15, 0.2) is 0 Å². The number of benzene rings is 1. The van der Waals surface area contributed by atoms with Gasteiger partial charge in [0.05, 0.1) is 23.5 Å². The highest BCUT2D eigenvalue weighted by Crippen LogP contribution is 2.26.